The summed E-state index contributed by atoms with van der Waals surface area (Å²) >= 11 is 3.48. The second-order valence-electron chi connectivity index (χ2n) is 4.07. The average Bonchev–Trinajstić information content (AvgIpc) is 2.55. The van der Waals surface area contributed by atoms with Gasteiger partial charge in [0.1, 0.15) is 16.2 Å². The summed E-state index contributed by atoms with van der Waals surface area (Å²) in [6.45, 7) is 4.73. The van der Waals surface area contributed by atoms with Crippen LogP contribution in [0.5, 0.6) is 0 Å². The molecule has 3 nitrogen and oxygen atoms in total. The van der Waals surface area contributed by atoms with Crippen LogP contribution in [0, 0.1) is 5.92 Å². The molecule has 0 aliphatic carbocycles. The third kappa shape index (κ3) is 1.87. The number of fused-ring (bicyclic) bond motifs is 1. The fourth-order valence-corrected chi connectivity index (χ4v) is 2.78. The summed E-state index contributed by atoms with van der Waals surface area (Å²) in [4.78, 5) is 15.8. The van der Waals surface area contributed by atoms with E-state index in [2.05, 4.69) is 32.4 Å². The quantitative estimate of drug-likeness (QED) is 0.827. The molecule has 2 rings (SSSR count). The number of carbonyl (C=O) groups excluding carboxylic acids is 1. The first-order valence-electron chi connectivity index (χ1n) is 5.37. The van der Waals surface area contributed by atoms with Gasteiger partial charge in [0.25, 0.3) is 0 Å². The van der Waals surface area contributed by atoms with Crippen LogP contribution in [-0.2, 0) is 24.2 Å². The maximum absolute atomic E-state index is 11.4. The second kappa shape index (κ2) is 4.08. The number of aromatic nitrogens is 2. The van der Waals surface area contributed by atoms with Crippen LogP contribution in [0.3, 0.4) is 0 Å². The van der Waals surface area contributed by atoms with Crippen LogP contribution >= 0.6 is 15.9 Å². The Morgan fingerprint density at radius 2 is 2.40 bits per heavy atom. The summed E-state index contributed by atoms with van der Waals surface area (Å²) in [6.07, 6.45) is 2.74. The van der Waals surface area contributed by atoms with Gasteiger partial charge >= 0.3 is 0 Å². The Labute approximate surface area is 98.0 Å². The number of nitrogens with zero attached hydrogens (tertiary/aromatic N) is 2. The van der Waals surface area contributed by atoms with Crippen molar-refractivity contribution in [3.63, 3.8) is 0 Å². The van der Waals surface area contributed by atoms with Crippen molar-refractivity contribution in [2.24, 2.45) is 5.92 Å². The Morgan fingerprint density at radius 3 is 3.00 bits per heavy atom. The van der Waals surface area contributed by atoms with Crippen LogP contribution in [-0.4, -0.2) is 15.3 Å². The summed E-state index contributed by atoms with van der Waals surface area (Å²) in [6, 6.07) is 0. The second-order valence-corrected chi connectivity index (χ2v) is 4.82. The summed E-state index contributed by atoms with van der Waals surface area (Å²) in [7, 11) is 0. The molecule has 82 valence electrons. The maximum atomic E-state index is 11.4. The third-order valence-corrected chi connectivity index (χ3v) is 3.77. The van der Waals surface area contributed by atoms with Gasteiger partial charge in [0.15, 0.2) is 0 Å². The van der Waals surface area contributed by atoms with Crippen LogP contribution in [0.4, 0.5) is 0 Å². The fourth-order valence-electron chi connectivity index (χ4n) is 2.20. The number of carbonyl (C=O) groups is 1. The Bertz CT molecular complexity index is 398. The van der Waals surface area contributed by atoms with Crippen molar-refractivity contribution in [1.82, 2.24) is 9.55 Å². The highest BCUT2D eigenvalue weighted by atomic mass is 79.9. The normalized spacial score (nSPS) is 20.1. The van der Waals surface area contributed by atoms with Crippen LogP contribution < -0.4 is 0 Å². The number of halogens is 1. The molecule has 1 aromatic rings. The summed E-state index contributed by atoms with van der Waals surface area (Å²) in [5, 5.41) is 0. The monoisotopic (exact) mass is 270 g/mol. The van der Waals surface area contributed by atoms with Crippen molar-refractivity contribution >= 4 is 21.7 Å². The molecule has 0 spiro atoms. The first kappa shape index (κ1) is 10.9. The van der Waals surface area contributed by atoms with Crippen molar-refractivity contribution < 1.29 is 4.79 Å². The van der Waals surface area contributed by atoms with Crippen molar-refractivity contribution in [3.05, 3.63) is 16.1 Å². The van der Waals surface area contributed by atoms with E-state index in [0.29, 0.717) is 5.78 Å². The van der Waals surface area contributed by atoms with Gasteiger partial charge in [-0.2, -0.15) is 0 Å². The number of hydrogen-bond acceptors (Lipinski definition) is 2. The summed E-state index contributed by atoms with van der Waals surface area (Å²) in [5.41, 5.74) is 1.19. The molecular weight excluding hydrogens is 256 g/mol. The number of hydrogen-bond donors (Lipinski definition) is 0. The van der Waals surface area contributed by atoms with E-state index in [9.17, 15) is 4.79 Å². The lowest BCUT2D eigenvalue weighted by Crippen LogP contribution is -2.24. The van der Waals surface area contributed by atoms with E-state index in [1.807, 2.05) is 0 Å². The van der Waals surface area contributed by atoms with Crippen molar-refractivity contribution in [2.75, 3.05) is 0 Å². The SMILES string of the molecule is CCc1nc(Br)c2n1CCC(C(C)=O)C2. The van der Waals surface area contributed by atoms with E-state index < -0.39 is 0 Å². The van der Waals surface area contributed by atoms with Crippen molar-refractivity contribution in [2.45, 2.75) is 39.7 Å². The number of Topliss-reactive ketones (excluding diaryl/α,β-unsaturated/α-hetero) is 1. The van der Waals surface area contributed by atoms with Gasteiger partial charge in [0.2, 0.25) is 0 Å². The first-order chi connectivity index (χ1) is 7.13. The Hall–Kier alpha value is -0.640. The molecule has 1 aliphatic heterocycles. The number of aryl methyl sites for hydroxylation is 1. The van der Waals surface area contributed by atoms with Crippen molar-refractivity contribution in [1.29, 1.82) is 0 Å². The number of imidazole rings is 1. The van der Waals surface area contributed by atoms with Crippen LogP contribution in [0.25, 0.3) is 0 Å². The molecule has 0 amide bonds. The van der Waals surface area contributed by atoms with Gasteiger partial charge in [-0.1, -0.05) is 6.92 Å². The molecule has 15 heavy (non-hydrogen) atoms. The van der Waals surface area contributed by atoms with Crippen LogP contribution in [0.2, 0.25) is 0 Å². The smallest absolute Gasteiger partial charge is 0.133 e. The van der Waals surface area contributed by atoms with E-state index in [4.69, 9.17) is 0 Å². The zero-order valence-electron chi connectivity index (χ0n) is 9.09. The van der Waals surface area contributed by atoms with Gasteiger partial charge in [-0.25, -0.2) is 4.98 Å². The molecular formula is C11H15BrN2O. The molecule has 0 N–H and O–H groups in total. The van der Waals surface area contributed by atoms with Gasteiger partial charge in [0.05, 0.1) is 5.69 Å². The van der Waals surface area contributed by atoms with Gasteiger partial charge in [-0.15, -0.1) is 0 Å². The zero-order chi connectivity index (χ0) is 11.0. The Kier molecular flexibility index (Phi) is 2.96. The highest BCUT2D eigenvalue weighted by Gasteiger charge is 2.26. The number of ketones is 1. The fraction of sp³-hybridized carbons (Fsp3) is 0.636. The molecule has 1 unspecified atom stereocenters. The first-order valence-corrected chi connectivity index (χ1v) is 6.17. The molecule has 0 radical (unpaired) electrons. The topological polar surface area (TPSA) is 34.9 Å². The molecule has 0 fully saturated rings. The molecule has 1 aromatic heterocycles. The minimum atomic E-state index is 0.190. The van der Waals surface area contributed by atoms with Gasteiger partial charge in [-0.05, 0) is 29.3 Å². The van der Waals surface area contributed by atoms with Gasteiger partial charge in [0, 0.05) is 25.3 Å². The predicted octanol–water partition coefficient (Wildman–Crippen LogP) is 2.36. The summed E-state index contributed by atoms with van der Waals surface area (Å²) < 4.78 is 3.18. The van der Waals surface area contributed by atoms with E-state index in [0.717, 1.165) is 36.2 Å². The lowest BCUT2D eigenvalue weighted by atomic mass is 9.93. The molecule has 1 aliphatic rings. The zero-order valence-corrected chi connectivity index (χ0v) is 10.7. The number of rotatable bonds is 2. The Balaban J connectivity index is 2.33. The van der Waals surface area contributed by atoms with E-state index in [1.54, 1.807) is 6.92 Å². The van der Waals surface area contributed by atoms with Crippen molar-refractivity contribution in [3.8, 4) is 0 Å². The highest BCUT2D eigenvalue weighted by molar-refractivity contribution is 9.10. The minimum Gasteiger partial charge on any atom is -0.331 e. The molecule has 0 bridgehead atoms. The average molecular weight is 271 g/mol. The Morgan fingerprint density at radius 1 is 1.67 bits per heavy atom. The molecule has 2 heterocycles. The van der Waals surface area contributed by atoms with E-state index in [-0.39, 0.29) is 5.92 Å². The van der Waals surface area contributed by atoms with E-state index in [1.165, 1.54) is 5.69 Å². The van der Waals surface area contributed by atoms with Gasteiger partial charge < -0.3 is 4.57 Å². The molecule has 0 aromatic carbocycles. The largest absolute Gasteiger partial charge is 0.331 e. The predicted molar refractivity (Wildman–Crippen MR) is 61.8 cm³/mol. The van der Waals surface area contributed by atoms with Crippen LogP contribution in [0.15, 0.2) is 4.60 Å². The lowest BCUT2D eigenvalue weighted by molar-refractivity contribution is -0.121. The highest BCUT2D eigenvalue weighted by Crippen LogP contribution is 2.28. The maximum Gasteiger partial charge on any atom is 0.133 e. The standard InChI is InChI=1S/C11H15BrN2O/c1-3-10-13-11(12)9-6-8(7(2)15)4-5-14(9)10/h8H,3-6H2,1-2H3. The van der Waals surface area contributed by atoms with Gasteiger partial charge in [-0.3, -0.25) is 4.79 Å². The lowest BCUT2D eigenvalue weighted by Gasteiger charge is -2.23. The summed E-state index contributed by atoms with van der Waals surface area (Å²) in [5.74, 6) is 1.61. The minimum absolute atomic E-state index is 0.190. The molecule has 0 saturated heterocycles. The molecule has 4 heteroatoms. The van der Waals surface area contributed by atoms with Crippen LogP contribution in [0.1, 0.15) is 31.8 Å². The van der Waals surface area contributed by atoms with E-state index >= 15 is 0 Å². The molecule has 1 atom stereocenters. The molecule has 0 saturated carbocycles. The third-order valence-electron chi connectivity index (χ3n) is 3.13.